The average molecular weight is 326 g/mol. The van der Waals surface area contributed by atoms with Crippen molar-refractivity contribution in [3.05, 3.63) is 24.3 Å². The van der Waals surface area contributed by atoms with Crippen LogP contribution in [0.4, 0.5) is 0 Å². The Morgan fingerprint density at radius 3 is 2.86 bits per heavy atom. The number of imidazole rings is 1. The summed E-state index contributed by atoms with van der Waals surface area (Å²) in [5.41, 5.74) is 1.84. The van der Waals surface area contributed by atoms with Gasteiger partial charge in [0.1, 0.15) is 0 Å². The number of benzene rings is 1. The lowest BCUT2D eigenvalue weighted by atomic mass is 10.2. The number of para-hydroxylation sites is 2. The summed E-state index contributed by atoms with van der Waals surface area (Å²) in [7, 11) is -0.834. The number of fused-ring (bicyclic) bond motifs is 1. The maximum Gasteiger partial charge on any atom is 0.313 e. The molecule has 21 heavy (non-hydrogen) atoms. The van der Waals surface area contributed by atoms with Gasteiger partial charge in [0.25, 0.3) is 0 Å². The van der Waals surface area contributed by atoms with E-state index in [1.807, 2.05) is 31.2 Å². The molecule has 0 aliphatic heterocycles. The topological polar surface area (TPSA) is 72.2 Å². The molecular formula is C14H18N2O3S2. The van der Waals surface area contributed by atoms with Crippen LogP contribution >= 0.6 is 11.8 Å². The van der Waals surface area contributed by atoms with E-state index in [0.29, 0.717) is 10.9 Å². The van der Waals surface area contributed by atoms with Gasteiger partial charge < -0.3 is 9.67 Å². The second-order valence-corrected chi connectivity index (χ2v) is 7.35. The molecule has 0 saturated heterocycles. The van der Waals surface area contributed by atoms with Crippen LogP contribution in [-0.4, -0.2) is 42.6 Å². The summed E-state index contributed by atoms with van der Waals surface area (Å²) in [4.78, 5) is 15.3. The van der Waals surface area contributed by atoms with E-state index in [1.54, 1.807) is 6.26 Å². The van der Waals surface area contributed by atoms with Crippen LogP contribution < -0.4 is 0 Å². The summed E-state index contributed by atoms with van der Waals surface area (Å²) in [5, 5.41) is 9.56. The second-order valence-electron chi connectivity index (χ2n) is 4.85. The van der Waals surface area contributed by atoms with Gasteiger partial charge in [0.15, 0.2) is 5.16 Å². The van der Waals surface area contributed by atoms with Crippen molar-refractivity contribution >= 4 is 39.6 Å². The molecule has 2 atom stereocenters. The first kappa shape index (κ1) is 16.0. The molecule has 1 aromatic carbocycles. The van der Waals surface area contributed by atoms with E-state index in [-0.39, 0.29) is 11.8 Å². The Hall–Kier alpha value is -1.34. The molecule has 1 aromatic heterocycles. The van der Waals surface area contributed by atoms with Crippen molar-refractivity contribution in [3.8, 4) is 0 Å². The Bertz CT molecular complexity index is 669. The number of hydrogen-bond donors (Lipinski definition) is 1. The number of aliphatic carboxylic acids is 1. The maximum absolute atomic E-state index is 11.3. The Balaban J connectivity index is 2.34. The minimum absolute atomic E-state index is 0.0181. The smallest absolute Gasteiger partial charge is 0.313 e. The quantitative estimate of drug-likeness (QED) is 0.792. The molecule has 0 aliphatic rings. The lowest BCUT2D eigenvalue weighted by Crippen LogP contribution is -2.11. The molecule has 0 amide bonds. The van der Waals surface area contributed by atoms with Gasteiger partial charge in [-0.1, -0.05) is 23.9 Å². The molecule has 2 unspecified atom stereocenters. The van der Waals surface area contributed by atoms with Gasteiger partial charge in [0, 0.05) is 28.9 Å². The van der Waals surface area contributed by atoms with Crippen molar-refractivity contribution in [2.45, 2.75) is 24.5 Å². The van der Waals surface area contributed by atoms with Crippen LogP contribution in [0.5, 0.6) is 0 Å². The molecule has 1 N–H and O–H groups in total. The molecule has 7 heteroatoms. The van der Waals surface area contributed by atoms with Crippen molar-refractivity contribution in [2.24, 2.45) is 0 Å². The van der Waals surface area contributed by atoms with Gasteiger partial charge in [-0.05, 0) is 25.5 Å². The molecule has 2 aromatic rings. The molecule has 0 fully saturated rings. The van der Waals surface area contributed by atoms with Crippen molar-refractivity contribution in [1.82, 2.24) is 9.55 Å². The minimum Gasteiger partial charge on any atom is -0.481 e. The van der Waals surface area contributed by atoms with Crippen molar-refractivity contribution in [3.63, 3.8) is 0 Å². The first-order valence-electron chi connectivity index (χ1n) is 6.60. The Kier molecular flexibility index (Phi) is 5.41. The minimum atomic E-state index is -0.860. The summed E-state index contributed by atoms with van der Waals surface area (Å²) in [5.74, 6) is -0.257. The molecule has 0 aliphatic carbocycles. The fraction of sp³-hybridized carbons (Fsp3) is 0.429. The van der Waals surface area contributed by atoms with Crippen LogP contribution in [0, 0.1) is 0 Å². The van der Waals surface area contributed by atoms with E-state index in [2.05, 4.69) is 9.55 Å². The van der Waals surface area contributed by atoms with E-state index in [0.717, 1.165) is 17.5 Å². The molecule has 0 radical (unpaired) electrons. The zero-order chi connectivity index (χ0) is 15.4. The SMILES string of the molecule is CC(CCS(C)=O)n1c(SCC(=O)O)nc2ccccc21. The van der Waals surface area contributed by atoms with Gasteiger partial charge >= 0.3 is 5.97 Å². The van der Waals surface area contributed by atoms with Crippen molar-refractivity contribution < 1.29 is 14.1 Å². The van der Waals surface area contributed by atoms with Gasteiger partial charge in [0.05, 0.1) is 16.8 Å². The predicted octanol–water partition coefficient (Wildman–Crippen LogP) is 2.54. The highest BCUT2D eigenvalue weighted by molar-refractivity contribution is 7.99. The summed E-state index contributed by atoms with van der Waals surface area (Å²) >= 11 is 1.22. The molecule has 5 nitrogen and oxygen atoms in total. The largest absolute Gasteiger partial charge is 0.481 e. The number of carbonyl (C=O) groups is 1. The third-order valence-electron chi connectivity index (χ3n) is 3.15. The van der Waals surface area contributed by atoms with Crippen LogP contribution in [0.2, 0.25) is 0 Å². The number of carboxylic acid groups (broad SMARTS) is 1. The number of aromatic nitrogens is 2. The normalized spacial score (nSPS) is 14.2. The first-order valence-corrected chi connectivity index (χ1v) is 9.32. The third-order valence-corrected chi connectivity index (χ3v) is 4.90. The number of rotatable bonds is 7. The Morgan fingerprint density at radius 1 is 1.48 bits per heavy atom. The number of thioether (sulfide) groups is 1. The van der Waals surface area contributed by atoms with E-state index >= 15 is 0 Å². The molecular weight excluding hydrogens is 308 g/mol. The van der Waals surface area contributed by atoms with Gasteiger partial charge in [-0.3, -0.25) is 9.00 Å². The van der Waals surface area contributed by atoms with Crippen LogP contribution in [0.1, 0.15) is 19.4 Å². The second kappa shape index (κ2) is 7.09. The van der Waals surface area contributed by atoms with Gasteiger partial charge in [0.2, 0.25) is 0 Å². The lowest BCUT2D eigenvalue weighted by molar-refractivity contribution is -0.133. The monoisotopic (exact) mass is 326 g/mol. The summed E-state index contributed by atoms with van der Waals surface area (Å²) in [6.07, 6.45) is 2.46. The fourth-order valence-corrected chi connectivity index (χ4v) is 3.65. The average Bonchev–Trinajstić information content (AvgIpc) is 2.80. The third kappa shape index (κ3) is 4.07. The number of carboxylic acids is 1. The molecule has 0 spiro atoms. The highest BCUT2D eigenvalue weighted by Crippen LogP contribution is 2.29. The van der Waals surface area contributed by atoms with Gasteiger partial charge in [-0.15, -0.1) is 0 Å². The fourth-order valence-electron chi connectivity index (χ4n) is 2.14. The van der Waals surface area contributed by atoms with Gasteiger partial charge in [-0.2, -0.15) is 0 Å². The molecule has 0 bridgehead atoms. The summed E-state index contributed by atoms with van der Waals surface area (Å²) in [6.45, 7) is 2.05. The van der Waals surface area contributed by atoms with Crippen LogP contribution in [-0.2, 0) is 15.6 Å². The van der Waals surface area contributed by atoms with Crippen LogP contribution in [0.25, 0.3) is 11.0 Å². The lowest BCUT2D eigenvalue weighted by Gasteiger charge is -2.16. The van der Waals surface area contributed by atoms with E-state index < -0.39 is 16.8 Å². The van der Waals surface area contributed by atoms with Crippen molar-refractivity contribution in [1.29, 1.82) is 0 Å². The highest BCUT2D eigenvalue weighted by Gasteiger charge is 2.17. The molecule has 1 heterocycles. The molecule has 114 valence electrons. The molecule has 2 rings (SSSR count). The zero-order valence-electron chi connectivity index (χ0n) is 12.0. The Labute approximate surface area is 130 Å². The number of hydrogen-bond acceptors (Lipinski definition) is 4. The maximum atomic E-state index is 11.3. The van der Waals surface area contributed by atoms with Gasteiger partial charge in [-0.25, -0.2) is 4.98 Å². The van der Waals surface area contributed by atoms with Crippen molar-refractivity contribution in [2.75, 3.05) is 17.8 Å². The van der Waals surface area contributed by atoms with E-state index in [4.69, 9.17) is 5.11 Å². The van der Waals surface area contributed by atoms with E-state index in [1.165, 1.54) is 11.8 Å². The standard InChI is InChI=1S/C14H18N2O3S2/c1-10(7-8-21(2)19)16-12-6-4-3-5-11(12)15-14(16)20-9-13(17)18/h3-6,10H,7-9H2,1-2H3,(H,17,18). The predicted molar refractivity (Wildman–Crippen MR) is 86.4 cm³/mol. The summed E-state index contributed by atoms with van der Waals surface area (Å²) in [6, 6.07) is 7.87. The Morgan fingerprint density at radius 2 is 2.19 bits per heavy atom. The van der Waals surface area contributed by atoms with E-state index in [9.17, 15) is 9.00 Å². The van der Waals surface area contributed by atoms with Crippen LogP contribution in [0.15, 0.2) is 29.4 Å². The first-order chi connectivity index (χ1) is 9.99. The molecule has 0 saturated carbocycles. The number of nitrogens with zero attached hydrogens (tertiary/aromatic N) is 2. The highest BCUT2D eigenvalue weighted by atomic mass is 32.2. The van der Waals surface area contributed by atoms with Crippen LogP contribution in [0.3, 0.4) is 0 Å². The zero-order valence-corrected chi connectivity index (χ0v) is 13.6. The summed E-state index contributed by atoms with van der Waals surface area (Å²) < 4.78 is 13.3.